The van der Waals surface area contributed by atoms with Crippen molar-refractivity contribution >= 4 is 5.69 Å². The zero-order valence-corrected chi connectivity index (χ0v) is 8.23. The van der Waals surface area contributed by atoms with E-state index < -0.39 is 0 Å². The van der Waals surface area contributed by atoms with Crippen LogP contribution in [0.3, 0.4) is 0 Å². The van der Waals surface area contributed by atoms with E-state index in [0.29, 0.717) is 5.69 Å². The number of pyridine rings is 1. The molecule has 4 nitrogen and oxygen atoms in total. The molecule has 0 amide bonds. The van der Waals surface area contributed by atoms with Gasteiger partial charge in [-0.1, -0.05) is 0 Å². The molecule has 0 aromatic carbocycles. The Labute approximate surface area is 82.4 Å². The number of aromatic nitrogens is 3. The van der Waals surface area contributed by atoms with Crippen molar-refractivity contribution in [1.29, 1.82) is 0 Å². The molecule has 0 spiro atoms. The van der Waals surface area contributed by atoms with Crippen LogP contribution in [0.15, 0.2) is 24.7 Å². The molecule has 2 aromatic rings. The highest BCUT2D eigenvalue weighted by atomic mass is 15.3. The van der Waals surface area contributed by atoms with Gasteiger partial charge in [-0.15, -0.1) is 0 Å². The molecule has 0 aliphatic heterocycles. The molecule has 2 aromatic heterocycles. The lowest BCUT2D eigenvalue weighted by Crippen LogP contribution is -2.05. The first-order chi connectivity index (χ1) is 6.70. The first-order valence-electron chi connectivity index (χ1n) is 4.41. The molecular formula is C10H12N4. The van der Waals surface area contributed by atoms with E-state index >= 15 is 0 Å². The van der Waals surface area contributed by atoms with Crippen molar-refractivity contribution in [2.75, 3.05) is 5.73 Å². The molecule has 2 heterocycles. The van der Waals surface area contributed by atoms with E-state index in [0.717, 1.165) is 16.9 Å². The lowest BCUT2D eigenvalue weighted by atomic mass is 10.2. The van der Waals surface area contributed by atoms with Crippen LogP contribution in [0.5, 0.6) is 0 Å². The van der Waals surface area contributed by atoms with Crippen LogP contribution in [0.25, 0.3) is 5.69 Å². The number of hydrogen-bond donors (Lipinski definition) is 1. The highest BCUT2D eigenvalue weighted by Gasteiger charge is 2.07. The Morgan fingerprint density at radius 1 is 1.29 bits per heavy atom. The van der Waals surface area contributed by atoms with Crippen LogP contribution < -0.4 is 5.73 Å². The van der Waals surface area contributed by atoms with Gasteiger partial charge in [0.1, 0.15) is 0 Å². The molecule has 0 saturated carbocycles. The average Bonchev–Trinajstić information content (AvgIpc) is 2.52. The number of nitrogens with zero attached hydrogens (tertiary/aromatic N) is 3. The molecule has 0 atom stereocenters. The molecule has 0 fully saturated rings. The van der Waals surface area contributed by atoms with E-state index in [1.165, 1.54) is 0 Å². The van der Waals surface area contributed by atoms with Crippen LogP contribution in [0.4, 0.5) is 5.69 Å². The predicted molar refractivity (Wildman–Crippen MR) is 55.2 cm³/mol. The van der Waals surface area contributed by atoms with Crippen molar-refractivity contribution in [3.05, 3.63) is 35.9 Å². The Morgan fingerprint density at radius 2 is 2.07 bits per heavy atom. The standard InChI is InChI=1S/C10H12N4/c1-7-5-12-6-9(11)10(7)14-8(2)3-4-13-14/h3-6H,11H2,1-2H3. The summed E-state index contributed by atoms with van der Waals surface area (Å²) in [7, 11) is 0. The third kappa shape index (κ3) is 1.25. The Bertz CT molecular complexity index is 439. The van der Waals surface area contributed by atoms with Crippen LogP contribution in [-0.4, -0.2) is 14.8 Å². The van der Waals surface area contributed by atoms with E-state index in [4.69, 9.17) is 5.73 Å². The SMILES string of the molecule is Cc1cncc(N)c1-n1nccc1C. The molecular weight excluding hydrogens is 176 g/mol. The van der Waals surface area contributed by atoms with E-state index in [1.807, 2.05) is 24.6 Å². The minimum atomic E-state index is 0.650. The molecule has 4 heteroatoms. The maximum atomic E-state index is 5.86. The molecule has 2 N–H and O–H groups in total. The summed E-state index contributed by atoms with van der Waals surface area (Å²) in [6.07, 6.45) is 5.19. The van der Waals surface area contributed by atoms with Crippen molar-refractivity contribution in [3.63, 3.8) is 0 Å². The summed E-state index contributed by atoms with van der Waals surface area (Å²) < 4.78 is 1.83. The Kier molecular flexibility index (Phi) is 1.96. The largest absolute Gasteiger partial charge is 0.396 e. The van der Waals surface area contributed by atoms with Crippen molar-refractivity contribution in [2.24, 2.45) is 0 Å². The molecule has 72 valence electrons. The molecule has 0 aliphatic carbocycles. The van der Waals surface area contributed by atoms with Gasteiger partial charge in [0.2, 0.25) is 0 Å². The summed E-state index contributed by atoms with van der Waals surface area (Å²) in [5.41, 5.74) is 9.51. The first kappa shape index (κ1) is 8.74. The second-order valence-corrected chi connectivity index (χ2v) is 3.28. The van der Waals surface area contributed by atoms with Crippen LogP contribution in [0.2, 0.25) is 0 Å². The van der Waals surface area contributed by atoms with Gasteiger partial charge >= 0.3 is 0 Å². The van der Waals surface area contributed by atoms with Crippen LogP contribution in [0.1, 0.15) is 11.3 Å². The Balaban J connectivity index is 2.68. The smallest absolute Gasteiger partial charge is 0.0938 e. The van der Waals surface area contributed by atoms with Gasteiger partial charge < -0.3 is 5.73 Å². The van der Waals surface area contributed by atoms with Crippen LogP contribution >= 0.6 is 0 Å². The van der Waals surface area contributed by atoms with Gasteiger partial charge in [0.15, 0.2) is 0 Å². The third-order valence-corrected chi connectivity index (χ3v) is 2.17. The molecule has 2 rings (SSSR count). The van der Waals surface area contributed by atoms with Gasteiger partial charge in [0.25, 0.3) is 0 Å². The van der Waals surface area contributed by atoms with Gasteiger partial charge in [0.05, 0.1) is 17.6 Å². The second-order valence-electron chi connectivity index (χ2n) is 3.28. The summed E-state index contributed by atoms with van der Waals surface area (Å²) in [6, 6.07) is 1.94. The van der Waals surface area contributed by atoms with Gasteiger partial charge in [-0.25, -0.2) is 4.68 Å². The van der Waals surface area contributed by atoms with Crippen LogP contribution in [0, 0.1) is 13.8 Å². The minimum Gasteiger partial charge on any atom is -0.396 e. The van der Waals surface area contributed by atoms with Crippen molar-refractivity contribution in [1.82, 2.24) is 14.8 Å². The van der Waals surface area contributed by atoms with Gasteiger partial charge in [0, 0.05) is 18.1 Å². The molecule has 14 heavy (non-hydrogen) atoms. The summed E-state index contributed by atoms with van der Waals surface area (Å²) in [5.74, 6) is 0. The lowest BCUT2D eigenvalue weighted by molar-refractivity contribution is 0.840. The average molecular weight is 188 g/mol. The fourth-order valence-electron chi connectivity index (χ4n) is 1.47. The summed E-state index contributed by atoms with van der Waals surface area (Å²) in [5, 5.41) is 4.22. The number of hydrogen-bond acceptors (Lipinski definition) is 3. The second kappa shape index (κ2) is 3.14. The highest BCUT2D eigenvalue weighted by Crippen LogP contribution is 2.20. The number of aryl methyl sites for hydroxylation is 2. The van der Waals surface area contributed by atoms with Crippen molar-refractivity contribution in [2.45, 2.75) is 13.8 Å². The molecule has 0 saturated heterocycles. The molecule has 0 unspecified atom stereocenters. The Morgan fingerprint density at radius 3 is 2.64 bits per heavy atom. The van der Waals surface area contributed by atoms with E-state index in [2.05, 4.69) is 10.1 Å². The summed E-state index contributed by atoms with van der Waals surface area (Å²) >= 11 is 0. The van der Waals surface area contributed by atoms with E-state index in [1.54, 1.807) is 18.6 Å². The maximum absolute atomic E-state index is 5.86. The number of nitrogen functional groups attached to an aromatic ring is 1. The molecule has 0 radical (unpaired) electrons. The predicted octanol–water partition coefficient (Wildman–Crippen LogP) is 1.47. The normalized spacial score (nSPS) is 10.4. The van der Waals surface area contributed by atoms with Gasteiger partial charge in [-0.05, 0) is 25.5 Å². The fourth-order valence-corrected chi connectivity index (χ4v) is 1.47. The van der Waals surface area contributed by atoms with E-state index in [9.17, 15) is 0 Å². The monoisotopic (exact) mass is 188 g/mol. The quantitative estimate of drug-likeness (QED) is 0.737. The van der Waals surface area contributed by atoms with E-state index in [-0.39, 0.29) is 0 Å². The third-order valence-electron chi connectivity index (χ3n) is 2.17. The fraction of sp³-hybridized carbons (Fsp3) is 0.200. The Hall–Kier alpha value is -1.84. The molecule has 0 aliphatic rings. The van der Waals surface area contributed by atoms with Gasteiger partial charge in [-0.2, -0.15) is 5.10 Å². The zero-order valence-electron chi connectivity index (χ0n) is 8.23. The van der Waals surface area contributed by atoms with Crippen LogP contribution in [-0.2, 0) is 0 Å². The lowest BCUT2D eigenvalue weighted by Gasteiger charge is -2.09. The molecule has 0 bridgehead atoms. The minimum absolute atomic E-state index is 0.650. The number of anilines is 1. The van der Waals surface area contributed by atoms with Gasteiger partial charge in [-0.3, -0.25) is 4.98 Å². The topological polar surface area (TPSA) is 56.7 Å². The summed E-state index contributed by atoms with van der Waals surface area (Å²) in [6.45, 7) is 3.96. The zero-order chi connectivity index (χ0) is 10.1. The first-order valence-corrected chi connectivity index (χ1v) is 4.41. The summed E-state index contributed by atoms with van der Waals surface area (Å²) in [4.78, 5) is 4.02. The number of nitrogens with two attached hydrogens (primary N) is 1. The maximum Gasteiger partial charge on any atom is 0.0938 e. The number of rotatable bonds is 1. The van der Waals surface area contributed by atoms with Crippen molar-refractivity contribution < 1.29 is 0 Å². The highest BCUT2D eigenvalue weighted by molar-refractivity contribution is 5.59. The van der Waals surface area contributed by atoms with Crippen molar-refractivity contribution in [3.8, 4) is 5.69 Å².